The van der Waals surface area contributed by atoms with Crippen LogP contribution in [0.15, 0.2) is 0 Å². The molecule has 0 heterocycles. The van der Waals surface area contributed by atoms with Gasteiger partial charge in [0.05, 0.1) is 12.1 Å². The fourth-order valence-electron chi connectivity index (χ4n) is 3.02. The summed E-state index contributed by atoms with van der Waals surface area (Å²) in [6.07, 6.45) is -1.13. The fourth-order valence-corrected chi connectivity index (χ4v) is 5.35. The van der Waals surface area contributed by atoms with Crippen molar-refractivity contribution < 1.29 is 52.8 Å². The summed E-state index contributed by atoms with van der Waals surface area (Å²) in [5.74, 6) is -3.36. The van der Waals surface area contributed by atoms with Crippen LogP contribution in [-0.4, -0.2) is 60.4 Å². The molecule has 1 aliphatic rings. The number of carbonyl (C=O) groups is 2. The van der Waals surface area contributed by atoms with Gasteiger partial charge < -0.3 is 0 Å². The predicted molar refractivity (Wildman–Crippen MR) is 81.0 cm³/mol. The van der Waals surface area contributed by atoms with Crippen molar-refractivity contribution in [2.75, 3.05) is 0 Å². The molecule has 1 aliphatic carbocycles. The minimum atomic E-state index is -6.34. The average Bonchev–Trinajstić information content (AvgIpc) is 2.45. The van der Waals surface area contributed by atoms with Crippen molar-refractivity contribution in [3.63, 3.8) is 0 Å². The molecular weight excluding hydrogens is 446 g/mol. The molecule has 0 bridgehead atoms. The summed E-state index contributed by atoms with van der Waals surface area (Å²) in [5.41, 5.74) is -11.9. The lowest BCUT2D eigenvalue weighted by atomic mass is 9.90. The highest BCUT2D eigenvalue weighted by Crippen LogP contribution is 2.38. The van der Waals surface area contributed by atoms with Gasteiger partial charge in [0, 0.05) is 13.8 Å². The van der Waals surface area contributed by atoms with Crippen LogP contribution in [0, 0.1) is 0 Å². The molecule has 1 saturated carbocycles. The first-order chi connectivity index (χ1) is 12.4. The van der Waals surface area contributed by atoms with E-state index in [4.69, 9.17) is 0 Å². The molecule has 8 nitrogen and oxygen atoms in total. The van der Waals surface area contributed by atoms with Crippen LogP contribution in [0.2, 0.25) is 0 Å². The second kappa shape index (κ2) is 7.68. The summed E-state index contributed by atoms with van der Waals surface area (Å²) in [6.45, 7) is 0.872. The van der Waals surface area contributed by atoms with Crippen molar-refractivity contribution >= 4 is 31.9 Å². The third kappa shape index (κ3) is 4.36. The second-order valence-electron chi connectivity index (χ2n) is 5.95. The van der Waals surface area contributed by atoms with E-state index in [0.29, 0.717) is 13.8 Å². The molecule has 2 atom stereocenters. The standard InChI is InChI=1S/C12H16F6N2O6S2/c1-7(21)19(27(23,24)11(13,14)15)9-5-3-4-6-10(9)20(8(2)22)28(25,26)12(16,17)18/h9-10H,3-6H2,1-2H3/t9-,10-/m1/s1. The summed E-state index contributed by atoms with van der Waals surface area (Å²) in [6, 6.07) is -4.28. The highest BCUT2D eigenvalue weighted by molar-refractivity contribution is 7.90. The number of hydrogen-bond donors (Lipinski definition) is 0. The summed E-state index contributed by atoms with van der Waals surface area (Å²) in [7, 11) is -12.7. The van der Waals surface area contributed by atoms with E-state index in [1.807, 2.05) is 0 Å². The number of nitrogens with zero attached hydrogens (tertiary/aromatic N) is 2. The maximum atomic E-state index is 12.9. The molecule has 164 valence electrons. The third-order valence-corrected chi connectivity index (χ3v) is 7.28. The maximum absolute atomic E-state index is 12.9. The highest BCUT2D eigenvalue weighted by Gasteiger charge is 2.59. The van der Waals surface area contributed by atoms with Gasteiger partial charge in [-0.15, -0.1) is 0 Å². The molecule has 0 saturated heterocycles. The number of sulfonamides is 2. The van der Waals surface area contributed by atoms with Gasteiger partial charge in [-0.25, -0.2) is 8.61 Å². The van der Waals surface area contributed by atoms with Gasteiger partial charge >= 0.3 is 31.1 Å². The lowest BCUT2D eigenvalue weighted by Gasteiger charge is -2.42. The zero-order chi connectivity index (χ0) is 22.3. The van der Waals surface area contributed by atoms with Crippen LogP contribution in [0.1, 0.15) is 39.5 Å². The Morgan fingerprint density at radius 2 is 0.964 bits per heavy atom. The minimum absolute atomic E-state index is 0.00384. The number of rotatable bonds is 4. The number of carbonyl (C=O) groups excluding carboxylic acids is 2. The molecule has 0 aromatic heterocycles. The topological polar surface area (TPSA) is 109 Å². The molecule has 0 aromatic carbocycles. The van der Waals surface area contributed by atoms with Crippen LogP contribution >= 0.6 is 0 Å². The number of halogens is 6. The van der Waals surface area contributed by atoms with Gasteiger partial charge in [0.2, 0.25) is 11.8 Å². The molecule has 0 spiro atoms. The number of hydrogen-bond acceptors (Lipinski definition) is 6. The summed E-state index contributed by atoms with van der Waals surface area (Å²) < 4.78 is 123. The lowest BCUT2D eigenvalue weighted by molar-refractivity contribution is -0.133. The Hall–Kier alpha value is -1.58. The monoisotopic (exact) mass is 462 g/mol. The van der Waals surface area contributed by atoms with Crippen molar-refractivity contribution in [3.8, 4) is 0 Å². The van der Waals surface area contributed by atoms with Gasteiger partial charge in [-0.2, -0.15) is 43.2 Å². The molecule has 0 N–H and O–H groups in total. The molecule has 2 amide bonds. The Morgan fingerprint density at radius 1 is 0.714 bits per heavy atom. The smallest absolute Gasteiger partial charge is 0.274 e. The Balaban J connectivity index is 3.64. The Labute approximate surface area is 156 Å². The molecule has 0 unspecified atom stereocenters. The van der Waals surface area contributed by atoms with E-state index in [1.54, 1.807) is 0 Å². The van der Waals surface area contributed by atoms with E-state index in [0.717, 1.165) is 0 Å². The first kappa shape index (κ1) is 24.5. The van der Waals surface area contributed by atoms with Crippen molar-refractivity contribution in [1.82, 2.24) is 8.61 Å². The van der Waals surface area contributed by atoms with E-state index in [2.05, 4.69) is 0 Å². The van der Waals surface area contributed by atoms with Crippen LogP contribution in [0.4, 0.5) is 26.3 Å². The van der Waals surface area contributed by atoms with Crippen molar-refractivity contribution in [1.29, 1.82) is 0 Å². The molecular formula is C12H16F6N2O6S2. The van der Waals surface area contributed by atoms with Gasteiger partial charge in [-0.3, -0.25) is 9.59 Å². The van der Waals surface area contributed by atoms with E-state index in [9.17, 15) is 52.8 Å². The van der Waals surface area contributed by atoms with Crippen molar-refractivity contribution in [2.45, 2.75) is 62.6 Å². The fraction of sp³-hybridized carbons (Fsp3) is 0.833. The maximum Gasteiger partial charge on any atom is 0.516 e. The second-order valence-corrected chi connectivity index (χ2v) is 9.56. The third-order valence-electron chi connectivity index (χ3n) is 4.02. The predicted octanol–water partition coefficient (Wildman–Crippen LogP) is 1.69. The summed E-state index contributed by atoms with van der Waals surface area (Å²) in [5, 5.41) is 0. The van der Waals surface area contributed by atoms with E-state index < -0.39 is 76.4 Å². The molecule has 0 radical (unpaired) electrons. The largest absolute Gasteiger partial charge is 0.516 e. The van der Waals surface area contributed by atoms with Gasteiger partial charge in [0.15, 0.2) is 0 Å². The van der Waals surface area contributed by atoms with Gasteiger partial charge in [-0.05, 0) is 12.8 Å². The Bertz CT molecular complexity index is 766. The van der Waals surface area contributed by atoms with Gasteiger partial charge in [0.1, 0.15) is 0 Å². The normalized spacial score (nSPS) is 21.9. The van der Waals surface area contributed by atoms with Crippen LogP contribution in [0.25, 0.3) is 0 Å². The lowest BCUT2D eigenvalue weighted by Crippen LogP contribution is -2.61. The molecule has 0 aliphatic heterocycles. The molecule has 16 heteroatoms. The molecule has 28 heavy (non-hydrogen) atoms. The molecule has 1 fully saturated rings. The number of amides is 2. The Morgan fingerprint density at radius 3 is 1.14 bits per heavy atom. The summed E-state index contributed by atoms with van der Waals surface area (Å²) >= 11 is 0. The quantitative estimate of drug-likeness (QED) is 0.589. The zero-order valence-corrected chi connectivity index (χ0v) is 16.0. The van der Waals surface area contributed by atoms with E-state index in [-0.39, 0.29) is 12.8 Å². The van der Waals surface area contributed by atoms with Crippen LogP contribution in [-0.2, 0) is 29.6 Å². The van der Waals surface area contributed by atoms with Crippen molar-refractivity contribution in [2.24, 2.45) is 0 Å². The van der Waals surface area contributed by atoms with Crippen LogP contribution in [0.3, 0.4) is 0 Å². The Kier molecular flexibility index (Phi) is 6.71. The van der Waals surface area contributed by atoms with Crippen LogP contribution in [0.5, 0.6) is 0 Å². The minimum Gasteiger partial charge on any atom is -0.274 e. The number of alkyl halides is 6. The zero-order valence-electron chi connectivity index (χ0n) is 14.4. The molecule has 1 rings (SSSR count). The van der Waals surface area contributed by atoms with Crippen molar-refractivity contribution in [3.05, 3.63) is 0 Å². The summed E-state index contributed by atoms with van der Waals surface area (Å²) in [4.78, 5) is 23.4. The highest BCUT2D eigenvalue weighted by atomic mass is 32.2. The van der Waals surface area contributed by atoms with Gasteiger partial charge in [-0.1, -0.05) is 12.8 Å². The van der Waals surface area contributed by atoms with Crippen LogP contribution < -0.4 is 0 Å². The molecule has 0 aromatic rings. The first-order valence-electron chi connectivity index (χ1n) is 7.60. The van der Waals surface area contributed by atoms with E-state index >= 15 is 0 Å². The first-order valence-corrected chi connectivity index (χ1v) is 10.5. The SMILES string of the molecule is CC(=O)N([C@@H]1CCCC[C@H]1N(C(C)=O)S(=O)(=O)C(F)(F)F)S(=O)(=O)C(F)(F)F. The average molecular weight is 462 g/mol. The van der Waals surface area contributed by atoms with Gasteiger partial charge in [0.25, 0.3) is 0 Å². The van der Waals surface area contributed by atoms with E-state index in [1.165, 1.54) is 0 Å².